The molecule has 0 aromatic heterocycles. The van der Waals surface area contributed by atoms with Crippen molar-refractivity contribution in [3.8, 4) is 0 Å². The summed E-state index contributed by atoms with van der Waals surface area (Å²) in [6.07, 6.45) is 0. The van der Waals surface area contributed by atoms with Gasteiger partial charge in [0.05, 0.1) is 12.2 Å². The summed E-state index contributed by atoms with van der Waals surface area (Å²) < 4.78 is 13.9. The average molecular weight is 341 g/mol. The Balaban J connectivity index is 1.46. The number of piperazine rings is 1. The Morgan fingerprint density at radius 3 is 2.44 bits per heavy atom. The number of nitrogens with zero attached hydrogens (tertiary/aromatic N) is 2. The number of aryl methyl sites for hydroxylation is 1. The van der Waals surface area contributed by atoms with Crippen LogP contribution in [0.5, 0.6) is 0 Å². The van der Waals surface area contributed by atoms with Crippen molar-refractivity contribution in [2.24, 2.45) is 0 Å². The average Bonchev–Trinajstić information content (AvgIpc) is 2.64. The van der Waals surface area contributed by atoms with Gasteiger partial charge in [-0.2, -0.15) is 0 Å². The molecule has 0 radical (unpaired) electrons. The molecule has 1 aliphatic heterocycles. The van der Waals surface area contributed by atoms with Gasteiger partial charge in [0, 0.05) is 32.7 Å². The summed E-state index contributed by atoms with van der Waals surface area (Å²) in [5, 5.41) is 3.23. The second kappa shape index (κ2) is 8.12. The highest BCUT2D eigenvalue weighted by Crippen LogP contribution is 2.20. The maximum atomic E-state index is 13.9. The molecule has 1 amide bonds. The fraction of sp³-hybridized carbons (Fsp3) is 0.350. The summed E-state index contributed by atoms with van der Waals surface area (Å²) in [6, 6.07) is 15.0. The van der Waals surface area contributed by atoms with Crippen LogP contribution in [-0.2, 0) is 11.3 Å². The number of benzene rings is 2. The van der Waals surface area contributed by atoms with Gasteiger partial charge in [-0.25, -0.2) is 4.39 Å². The summed E-state index contributed by atoms with van der Waals surface area (Å²) >= 11 is 0. The van der Waals surface area contributed by atoms with Crippen LogP contribution in [0.4, 0.5) is 10.1 Å². The van der Waals surface area contributed by atoms with Crippen LogP contribution in [0.25, 0.3) is 0 Å². The van der Waals surface area contributed by atoms with E-state index < -0.39 is 0 Å². The molecule has 2 aromatic carbocycles. The molecule has 0 unspecified atom stereocenters. The van der Waals surface area contributed by atoms with E-state index in [1.165, 1.54) is 17.2 Å². The van der Waals surface area contributed by atoms with Gasteiger partial charge in [-0.15, -0.1) is 0 Å². The fourth-order valence-corrected chi connectivity index (χ4v) is 3.13. The molecule has 1 N–H and O–H groups in total. The molecule has 0 aliphatic carbocycles. The minimum absolute atomic E-state index is 0.0989. The first-order chi connectivity index (χ1) is 12.1. The van der Waals surface area contributed by atoms with Crippen LogP contribution in [-0.4, -0.2) is 43.5 Å². The maximum Gasteiger partial charge on any atom is 0.236 e. The molecule has 0 spiro atoms. The van der Waals surface area contributed by atoms with Gasteiger partial charge in [0.15, 0.2) is 0 Å². The van der Waals surface area contributed by atoms with E-state index in [0.717, 1.165) is 0 Å². The Labute approximate surface area is 148 Å². The lowest BCUT2D eigenvalue weighted by molar-refractivity contribution is -0.130. The quantitative estimate of drug-likeness (QED) is 0.908. The Bertz CT molecular complexity index is 726. The Hall–Kier alpha value is -2.40. The maximum absolute atomic E-state index is 13.9. The first-order valence-corrected chi connectivity index (χ1v) is 8.67. The normalized spacial score (nSPS) is 14.6. The van der Waals surface area contributed by atoms with Crippen molar-refractivity contribution in [3.63, 3.8) is 0 Å². The summed E-state index contributed by atoms with van der Waals surface area (Å²) in [5.74, 6) is -0.107. The molecule has 25 heavy (non-hydrogen) atoms. The molecule has 4 nitrogen and oxygen atoms in total. The Kier molecular flexibility index (Phi) is 5.66. The highest BCUT2D eigenvalue weighted by molar-refractivity contribution is 5.78. The SMILES string of the molecule is Cc1ccccc1CNCC(=O)N1CCN(c2ccccc2F)CC1. The molecular weight excluding hydrogens is 317 g/mol. The third kappa shape index (κ3) is 4.37. The summed E-state index contributed by atoms with van der Waals surface area (Å²) in [4.78, 5) is 16.2. The van der Waals surface area contributed by atoms with Gasteiger partial charge in [0.25, 0.3) is 0 Å². The van der Waals surface area contributed by atoms with E-state index in [-0.39, 0.29) is 11.7 Å². The molecule has 0 saturated carbocycles. The van der Waals surface area contributed by atoms with Crippen LogP contribution in [0.3, 0.4) is 0 Å². The number of hydrogen-bond acceptors (Lipinski definition) is 3. The molecule has 1 fully saturated rings. The lowest BCUT2D eigenvalue weighted by Crippen LogP contribution is -2.51. The highest BCUT2D eigenvalue weighted by atomic mass is 19.1. The number of rotatable bonds is 5. The predicted octanol–water partition coefficient (Wildman–Crippen LogP) is 2.57. The lowest BCUT2D eigenvalue weighted by atomic mass is 10.1. The van der Waals surface area contributed by atoms with Crippen LogP contribution < -0.4 is 10.2 Å². The number of halogens is 1. The molecule has 0 atom stereocenters. The molecule has 2 aromatic rings. The summed E-state index contributed by atoms with van der Waals surface area (Å²) in [6.45, 7) is 5.65. The van der Waals surface area contributed by atoms with Gasteiger partial charge in [-0.05, 0) is 30.2 Å². The van der Waals surface area contributed by atoms with E-state index >= 15 is 0 Å². The number of amides is 1. The van der Waals surface area contributed by atoms with E-state index in [2.05, 4.69) is 24.4 Å². The van der Waals surface area contributed by atoms with E-state index in [0.29, 0.717) is 45.0 Å². The predicted molar refractivity (Wildman–Crippen MR) is 98.1 cm³/mol. The van der Waals surface area contributed by atoms with Crippen molar-refractivity contribution in [2.45, 2.75) is 13.5 Å². The first-order valence-electron chi connectivity index (χ1n) is 8.67. The zero-order chi connectivity index (χ0) is 17.6. The molecular formula is C20H24FN3O. The van der Waals surface area contributed by atoms with Gasteiger partial charge >= 0.3 is 0 Å². The number of carbonyl (C=O) groups excluding carboxylic acids is 1. The molecule has 1 saturated heterocycles. The van der Waals surface area contributed by atoms with Crippen molar-refractivity contribution in [3.05, 3.63) is 65.5 Å². The number of anilines is 1. The minimum atomic E-state index is -0.206. The third-order valence-electron chi connectivity index (χ3n) is 4.68. The highest BCUT2D eigenvalue weighted by Gasteiger charge is 2.22. The van der Waals surface area contributed by atoms with Crippen molar-refractivity contribution >= 4 is 11.6 Å². The zero-order valence-electron chi connectivity index (χ0n) is 14.5. The standard InChI is InChI=1S/C20H24FN3O/c1-16-6-2-3-7-17(16)14-22-15-20(25)24-12-10-23(11-13-24)19-9-5-4-8-18(19)21/h2-9,22H,10-15H2,1H3. The van der Waals surface area contributed by atoms with Crippen molar-refractivity contribution in [1.82, 2.24) is 10.2 Å². The second-order valence-electron chi connectivity index (χ2n) is 6.35. The van der Waals surface area contributed by atoms with Gasteiger partial charge in [0.1, 0.15) is 5.82 Å². The van der Waals surface area contributed by atoms with E-state index in [1.54, 1.807) is 12.1 Å². The van der Waals surface area contributed by atoms with Crippen molar-refractivity contribution < 1.29 is 9.18 Å². The van der Waals surface area contributed by atoms with Crippen LogP contribution in [0.1, 0.15) is 11.1 Å². The van der Waals surface area contributed by atoms with Crippen LogP contribution >= 0.6 is 0 Å². The van der Waals surface area contributed by atoms with Gasteiger partial charge in [0.2, 0.25) is 5.91 Å². The van der Waals surface area contributed by atoms with Crippen molar-refractivity contribution in [1.29, 1.82) is 0 Å². The van der Waals surface area contributed by atoms with Crippen LogP contribution in [0, 0.1) is 12.7 Å². The smallest absolute Gasteiger partial charge is 0.236 e. The van der Waals surface area contributed by atoms with Crippen molar-refractivity contribution in [2.75, 3.05) is 37.6 Å². The molecule has 1 aliphatic rings. The minimum Gasteiger partial charge on any atom is -0.366 e. The Morgan fingerprint density at radius 2 is 1.72 bits per heavy atom. The molecule has 5 heteroatoms. The number of para-hydroxylation sites is 1. The number of hydrogen-bond donors (Lipinski definition) is 1. The second-order valence-corrected chi connectivity index (χ2v) is 6.35. The van der Waals surface area contributed by atoms with E-state index in [1.807, 2.05) is 28.0 Å². The molecule has 1 heterocycles. The monoisotopic (exact) mass is 341 g/mol. The topological polar surface area (TPSA) is 35.6 Å². The van der Waals surface area contributed by atoms with Crippen LogP contribution in [0.15, 0.2) is 48.5 Å². The third-order valence-corrected chi connectivity index (χ3v) is 4.68. The Morgan fingerprint density at radius 1 is 1.04 bits per heavy atom. The van der Waals surface area contributed by atoms with Gasteiger partial charge in [-0.3, -0.25) is 4.79 Å². The van der Waals surface area contributed by atoms with E-state index in [4.69, 9.17) is 0 Å². The largest absolute Gasteiger partial charge is 0.366 e. The molecule has 0 bridgehead atoms. The number of nitrogens with one attached hydrogen (secondary N) is 1. The van der Waals surface area contributed by atoms with Gasteiger partial charge < -0.3 is 15.1 Å². The number of carbonyl (C=O) groups is 1. The van der Waals surface area contributed by atoms with Gasteiger partial charge in [-0.1, -0.05) is 36.4 Å². The molecule has 132 valence electrons. The van der Waals surface area contributed by atoms with Crippen LogP contribution in [0.2, 0.25) is 0 Å². The lowest BCUT2D eigenvalue weighted by Gasteiger charge is -2.36. The first kappa shape index (κ1) is 17.4. The fourth-order valence-electron chi connectivity index (χ4n) is 3.13. The summed E-state index contributed by atoms with van der Waals surface area (Å²) in [7, 11) is 0. The molecule has 3 rings (SSSR count). The zero-order valence-corrected chi connectivity index (χ0v) is 14.5. The summed E-state index contributed by atoms with van der Waals surface area (Å²) in [5.41, 5.74) is 3.05. The van der Waals surface area contributed by atoms with E-state index in [9.17, 15) is 9.18 Å².